The zero-order chi connectivity index (χ0) is 21.3. The number of hydrogen-bond donors (Lipinski definition) is 3. The molecule has 1 unspecified atom stereocenters. The topological polar surface area (TPSA) is 68.8 Å². The minimum atomic E-state index is -0.0787. The van der Waals surface area contributed by atoms with Crippen molar-refractivity contribution in [3.63, 3.8) is 0 Å². The monoisotopic (exact) mass is 535 g/mol. The number of aliphatic imine (C=N–C) groups is 1. The van der Waals surface area contributed by atoms with Crippen LogP contribution in [0.3, 0.4) is 0 Å². The van der Waals surface area contributed by atoms with Gasteiger partial charge in [0.15, 0.2) is 5.96 Å². The second kappa shape index (κ2) is 12.5. The lowest BCUT2D eigenvalue weighted by Crippen LogP contribution is -2.38. The third-order valence-electron chi connectivity index (χ3n) is 5.40. The van der Waals surface area contributed by atoms with Gasteiger partial charge in [-0.15, -0.1) is 24.0 Å². The van der Waals surface area contributed by atoms with Crippen molar-refractivity contribution in [3.05, 3.63) is 65.2 Å². The van der Waals surface area contributed by atoms with E-state index in [1.165, 1.54) is 24.1 Å². The lowest BCUT2D eigenvalue weighted by Gasteiger charge is -2.22. The maximum absolute atomic E-state index is 11.7. The molecule has 0 saturated carbocycles. The summed E-state index contributed by atoms with van der Waals surface area (Å²) in [6, 6.07) is 16.5. The smallest absolute Gasteiger partial charge is 0.251 e. The predicted octanol–water partition coefficient (Wildman–Crippen LogP) is 4.08. The molecule has 0 radical (unpaired) electrons. The number of halogens is 1. The molecule has 1 amide bonds. The molecular formula is C24H34IN5O. The van der Waals surface area contributed by atoms with Gasteiger partial charge in [0.25, 0.3) is 5.91 Å². The van der Waals surface area contributed by atoms with Crippen molar-refractivity contribution >= 4 is 41.5 Å². The van der Waals surface area contributed by atoms with E-state index in [0.29, 0.717) is 12.1 Å². The van der Waals surface area contributed by atoms with Gasteiger partial charge in [-0.3, -0.25) is 4.79 Å². The summed E-state index contributed by atoms with van der Waals surface area (Å²) < 4.78 is 0. The first-order valence-electron chi connectivity index (χ1n) is 10.8. The maximum atomic E-state index is 11.7. The predicted molar refractivity (Wildman–Crippen MR) is 140 cm³/mol. The van der Waals surface area contributed by atoms with E-state index < -0.39 is 0 Å². The number of nitrogens with one attached hydrogen (secondary N) is 3. The highest BCUT2D eigenvalue weighted by molar-refractivity contribution is 14.0. The van der Waals surface area contributed by atoms with Crippen molar-refractivity contribution in [2.45, 2.75) is 39.3 Å². The number of benzene rings is 2. The van der Waals surface area contributed by atoms with Crippen LogP contribution in [-0.2, 0) is 6.54 Å². The Morgan fingerprint density at radius 3 is 2.48 bits per heavy atom. The van der Waals surface area contributed by atoms with Crippen LogP contribution < -0.4 is 20.9 Å². The van der Waals surface area contributed by atoms with Crippen LogP contribution in [0.4, 0.5) is 5.69 Å². The summed E-state index contributed by atoms with van der Waals surface area (Å²) in [5.41, 5.74) is 4.27. The maximum Gasteiger partial charge on any atom is 0.251 e. The highest BCUT2D eigenvalue weighted by Gasteiger charge is 2.14. The number of nitrogens with zero attached hydrogens (tertiary/aromatic N) is 2. The van der Waals surface area contributed by atoms with Gasteiger partial charge in [-0.1, -0.05) is 24.3 Å². The molecule has 2 aromatic rings. The Kier molecular flexibility index (Phi) is 10.1. The van der Waals surface area contributed by atoms with Gasteiger partial charge >= 0.3 is 0 Å². The summed E-state index contributed by atoms with van der Waals surface area (Å²) >= 11 is 0. The Morgan fingerprint density at radius 2 is 1.84 bits per heavy atom. The lowest BCUT2D eigenvalue weighted by molar-refractivity contribution is 0.0963. The Morgan fingerprint density at radius 1 is 1.13 bits per heavy atom. The number of anilines is 1. The summed E-state index contributed by atoms with van der Waals surface area (Å²) in [6.07, 6.45) is 2.55. The van der Waals surface area contributed by atoms with Gasteiger partial charge in [0.05, 0.1) is 12.6 Å². The highest BCUT2D eigenvalue weighted by atomic mass is 127. The molecule has 1 aliphatic rings. The average Bonchev–Trinajstić information content (AvgIpc) is 3.32. The molecule has 6 nitrogen and oxygen atoms in total. The van der Waals surface area contributed by atoms with Crippen LogP contribution in [0.2, 0.25) is 0 Å². The first-order valence-corrected chi connectivity index (χ1v) is 10.8. The molecule has 7 heteroatoms. The largest absolute Gasteiger partial charge is 0.372 e. The molecule has 0 spiro atoms. The van der Waals surface area contributed by atoms with E-state index in [-0.39, 0.29) is 35.9 Å². The zero-order valence-electron chi connectivity index (χ0n) is 18.6. The van der Waals surface area contributed by atoms with E-state index in [4.69, 9.17) is 4.99 Å². The van der Waals surface area contributed by atoms with Gasteiger partial charge in [-0.05, 0) is 62.1 Å². The molecule has 31 heavy (non-hydrogen) atoms. The highest BCUT2D eigenvalue weighted by Crippen LogP contribution is 2.24. The van der Waals surface area contributed by atoms with Crippen LogP contribution in [0.1, 0.15) is 54.2 Å². The number of carbonyl (C=O) groups excluding carboxylic acids is 1. The van der Waals surface area contributed by atoms with Crippen molar-refractivity contribution in [1.29, 1.82) is 0 Å². The van der Waals surface area contributed by atoms with E-state index in [1.54, 1.807) is 7.05 Å². The third kappa shape index (κ3) is 7.12. The van der Waals surface area contributed by atoms with Gasteiger partial charge in [-0.2, -0.15) is 0 Å². The van der Waals surface area contributed by atoms with Crippen molar-refractivity contribution in [2.75, 3.05) is 31.6 Å². The van der Waals surface area contributed by atoms with E-state index in [0.717, 1.165) is 31.2 Å². The molecule has 2 aromatic carbocycles. The van der Waals surface area contributed by atoms with E-state index >= 15 is 0 Å². The lowest BCUT2D eigenvalue weighted by atomic mass is 10.1. The zero-order valence-corrected chi connectivity index (χ0v) is 21.0. The molecule has 0 aromatic heterocycles. The van der Waals surface area contributed by atoms with E-state index in [9.17, 15) is 4.79 Å². The second-order valence-corrected chi connectivity index (χ2v) is 7.63. The van der Waals surface area contributed by atoms with Crippen molar-refractivity contribution < 1.29 is 4.79 Å². The molecule has 1 fully saturated rings. The summed E-state index contributed by atoms with van der Waals surface area (Å²) in [7, 11) is 1.64. The fourth-order valence-electron chi connectivity index (χ4n) is 3.65. The molecule has 3 N–H and O–H groups in total. The van der Waals surface area contributed by atoms with Gasteiger partial charge in [0.2, 0.25) is 0 Å². The second-order valence-electron chi connectivity index (χ2n) is 7.63. The van der Waals surface area contributed by atoms with Gasteiger partial charge < -0.3 is 20.9 Å². The number of hydrogen-bond acceptors (Lipinski definition) is 3. The van der Waals surface area contributed by atoms with Crippen LogP contribution >= 0.6 is 24.0 Å². The molecule has 1 atom stereocenters. The summed E-state index contributed by atoms with van der Waals surface area (Å²) in [5.74, 6) is 0.706. The van der Waals surface area contributed by atoms with Crippen LogP contribution in [0.25, 0.3) is 0 Å². The van der Waals surface area contributed by atoms with Crippen molar-refractivity contribution in [3.8, 4) is 0 Å². The summed E-state index contributed by atoms with van der Waals surface area (Å²) in [4.78, 5) is 18.9. The first-order chi connectivity index (χ1) is 14.6. The number of rotatable bonds is 7. The van der Waals surface area contributed by atoms with Gasteiger partial charge in [0.1, 0.15) is 0 Å². The SMILES string of the molecule is CCNC(=NCc1ccc(C(=O)NC)cc1)NC(C)c1cccc(N2CCCC2)c1.I. The molecule has 1 saturated heterocycles. The minimum absolute atomic E-state index is 0. The average molecular weight is 535 g/mol. The Labute approximate surface area is 202 Å². The summed E-state index contributed by atoms with van der Waals surface area (Å²) in [6.45, 7) is 7.86. The van der Waals surface area contributed by atoms with Crippen molar-refractivity contribution in [1.82, 2.24) is 16.0 Å². The number of amides is 1. The molecule has 0 aliphatic carbocycles. The quantitative estimate of drug-likeness (QED) is 0.284. The van der Waals surface area contributed by atoms with Crippen LogP contribution in [0, 0.1) is 0 Å². The van der Waals surface area contributed by atoms with Gasteiger partial charge in [-0.25, -0.2) is 4.99 Å². The van der Waals surface area contributed by atoms with Crippen molar-refractivity contribution in [2.24, 2.45) is 4.99 Å². The Balaban J connectivity index is 0.00000341. The fourth-order valence-corrected chi connectivity index (χ4v) is 3.65. The molecular weight excluding hydrogens is 501 g/mol. The molecule has 3 rings (SSSR count). The van der Waals surface area contributed by atoms with E-state index in [1.807, 2.05) is 24.3 Å². The van der Waals surface area contributed by atoms with Crippen LogP contribution in [0.5, 0.6) is 0 Å². The number of carbonyl (C=O) groups is 1. The molecule has 1 heterocycles. The van der Waals surface area contributed by atoms with E-state index in [2.05, 4.69) is 59.0 Å². The third-order valence-corrected chi connectivity index (χ3v) is 5.40. The Hall–Kier alpha value is -2.29. The molecule has 0 bridgehead atoms. The van der Waals surface area contributed by atoms with Gasteiger partial charge in [0, 0.05) is 37.9 Å². The Bertz CT molecular complexity index is 863. The van der Waals surface area contributed by atoms with Crippen LogP contribution in [-0.4, -0.2) is 38.5 Å². The molecule has 168 valence electrons. The number of guanidine groups is 1. The minimum Gasteiger partial charge on any atom is -0.372 e. The first kappa shape index (κ1) is 25.0. The normalized spacial score (nSPS) is 14.5. The summed E-state index contributed by atoms with van der Waals surface area (Å²) in [5, 5.41) is 9.48. The standard InChI is InChI=1S/C24H33N5O.HI/c1-4-26-24(27-17-19-10-12-20(13-11-19)23(30)25-3)28-18(2)21-8-7-9-22(16-21)29-14-5-6-15-29;/h7-13,16,18H,4-6,14-15,17H2,1-3H3,(H,25,30)(H2,26,27,28);1H. The fraction of sp³-hybridized carbons (Fsp3) is 0.417. The molecule has 1 aliphatic heterocycles. The van der Waals surface area contributed by atoms with Crippen LogP contribution in [0.15, 0.2) is 53.5 Å².